The first-order valence-electron chi connectivity index (χ1n) is 6.03. The Morgan fingerprint density at radius 2 is 2.11 bits per heavy atom. The lowest BCUT2D eigenvalue weighted by molar-refractivity contribution is 0.0607. The summed E-state index contributed by atoms with van der Waals surface area (Å²) in [5.74, 6) is -0.848. The third-order valence-electron chi connectivity index (χ3n) is 2.59. The van der Waals surface area contributed by atoms with Gasteiger partial charge in [0, 0.05) is 13.6 Å². The molecule has 1 amide bonds. The molecule has 4 N–H and O–H groups in total. The van der Waals surface area contributed by atoms with Crippen LogP contribution in [0.2, 0.25) is 0 Å². The molecule has 1 rings (SSSR count). The zero-order valence-electron chi connectivity index (χ0n) is 11.3. The number of unbranched alkanes of at least 4 members (excludes halogenated alkanes) is 1. The zero-order valence-corrected chi connectivity index (χ0v) is 12.1. The van der Waals surface area contributed by atoms with Gasteiger partial charge in [-0.2, -0.15) is 0 Å². The van der Waals surface area contributed by atoms with Crippen LogP contribution in [0.5, 0.6) is 0 Å². The van der Waals surface area contributed by atoms with Gasteiger partial charge in [0.25, 0.3) is 5.91 Å². The summed E-state index contributed by atoms with van der Waals surface area (Å²) in [6, 6.07) is 0. The molecule has 1 aromatic rings. The lowest BCUT2D eigenvalue weighted by atomic mass is 10.2. The van der Waals surface area contributed by atoms with Gasteiger partial charge in [0.15, 0.2) is 0 Å². The van der Waals surface area contributed by atoms with Crippen molar-refractivity contribution in [3.05, 3.63) is 10.4 Å². The lowest BCUT2D eigenvalue weighted by Gasteiger charge is -2.06. The van der Waals surface area contributed by atoms with Gasteiger partial charge in [-0.15, -0.1) is 11.3 Å². The number of amides is 1. The van der Waals surface area contributed by atoms with E-state index in [-0.39, 0.29) is 16.5 Å². The second-order valence-electron chi connectivity index (χ2n) is 3.90. The van der Waals surface area contributed by atoms with Gasteiger partial charge in [0.05, 0.1) is 18.4 Å². The third-order valence-corrected chi connectivity index (χ3v) is 3.73. The van der Waals surface area contributed by atoms with E-state index in [0.717, 1.165) is 30.7 Å². The Morgan fingerprint density at radius 1 is 1.42 bits per heavy atom. The van der Waals surface area contributed by atoms with Gasteiger partial charge >= 0.3 is 5.97 Å². The smallest absolute Gasteiger partial charge is 0.350 e. The first-order chi connectivity index (χ1) is 9.06. The molecule has 0 unspecified atom stereocenters. The summed E-state index contributed by atoms with van der Waals surface area (Å²) in [6.45, 7) is 2.80. The SMILES string of the molecule is CCCCNc1sc(C(=O)OC)c(N)c1C(=O)NC. The topological polar surface area (TPSA) is 93.4 Å². The molecule has 7 heteroatoms. The van der Waals surface area contributed by atoms with Crippen molar-refractivity contribution in [2.24, 2.45) is 0 Å². The van der Waals surface area contributed by atoms with E-state index in [1.807, 2.05) is 0 Å². The molecular weight excluding hydrogens is 266 g/mol. The summed E-state index contributed by atoms with van der Waals surface area (Å²) in [7, 11) is 2.80. The average molecular weight is 285 g/mol. The highest BCUT2D eigenvalue weighted by molar-refractivity contribution is 7.19. The maximum Gasteiger partial charge on any atom is 0.350 e. The number of nitrogens with one attached hydrogen (secondary N) is 2. The highest BCUT2D eigenvalue weighted by Crippen LogP contribution is 2.36. The van der Waals surface area contributed by atoms with Crippen LogP contribution in [0.25, 0.3) is 0 Å². The largest absolute Gasteiger partial charge is 0.465 e. The van der Waals surface area contributed by atoms with Crippen LogP contribution in [0.3, 0.4) is 0 Å². The van der Waals surface area contributed by atoms with Gasteiger partial charge < -0.3 is 21.1 Å². The van der Waals surface area contributed by atoms with Gasteiger partial charge in [-0.3, -0.25) is 4.79 Å². The molecule has 0 aliphatic heterocycles. The van der Waals surface area contributed by atoms with E-state index in [9.17, 15) is 9.59 Å². The fourth-order valence-corrected chi connectivity index (χ4v) is 2.60. The summed E-state index contributed by atoms with van der Waals surface area (Å²) < 4.78 is 4.66. The fraction of sp³-hybridized carbons (Fsp3) is 0.500. The number of carbonyl (C=O) groups is 2. The Balaban J connectivity index is 3.12. The van der Waals surface area contributed by atoms with Gasteiger partial charge in [-0.25, -0.2) is 4.79 Å². The molecule has 0 saturated heterocycles. The first-order valence-corrected chi connectivity index (χ1v) is 6.84. The van der Waals surface area contributed by atoms with Gasteiger partial charge in [0.1, 0.15) is 9.88 Å². The zero-order chi connectivity index (χ0) is 14.4. The van der Waals surface area contributed by atoms with Gasteiger partial charge in [0.2, 0.25) is 0 Å². The number of nitrogens with two attached hydrogens (primary N) is 1. The number of esters is 1. The molecule has 0 atom stereocenters. The number of carbonyl (C=O) groups excluding carboxylic acids is 2. The number of hydrogen-bond donors (Lipinski definition) is 3. The van der Waals surface area contributed by atoms with Crippen molar-refractivity contribution >= 4 is 33.9 Å². The summed E-state index contributed by atoms with van der Waals surface area (Å²) in [5, 5.41) is 6.26. The predicted octanol–water partition coefficient (Wildman–Crippen LogP) is 1.69. The fourth-order valence-electron chi connectivity index (χ4n) is 1.54. The normalized spacial score (nSPS) is 10.1. The molecule has 6 nitrogen and oxygen atoms in total. The highest BCUT2D eigenvalue weighted by Gasteiger charge is 2.25. The second kappa shape index (κ2) is 6.98. The van der Waals surface area contributed by atoms with Gasteiger partial charge in [-0.1, -0.05) is 13.3 Å². The molecule has 19 heavy (non-hydrogen) atoms. The van der Waals surface area contributed by atoms with Crippen LogP contribution in [-0.4, -0.2) is 32.6 Å². The summed E-state index contributed by atoms with van der Waals surface area (Å²) >= 11 is 1.14. The number of thiophene rings is 1. The summed E-state index contributed by atoms with van der Waals surface area (Å²) in [6.07, 6.45) is 2.01. The Kier molecular flexibility index (Phi) is 5.62. The van der Waals surface area contributed by atoms with Crippen molar-refractivity contribution in [1.82, 2.24) is 5.32 Å². The standard InChI is InChI=1S/C12H19N3O3S/c1-4-5-6-15-11-7(10(16)14-2)8(13)9(19-11)12(17)18-3/h15H,4-6,13H2,1-3H3,(H,14,16). The minimum Gasteiger partial charge on any atom is -0.465 e. The average Bonchev–Trinajstić information content (AvgIpc) is 2.74. The van der Waals surface area contributed by atoms with Crippen molar-refractivity contribution in [3.63, 3.8) is 0 Å². The monoisotopic (exact) mass is 285 g/mol. The number of anilines is 2. The van der Waals surface area contributed by atoms with Crippen LogP contribution in [0.1, 0.15) is 39.8 Å². The van der Waals surface area contributed by atoms with Crippen LogP contribution in [0.15, 0.2) is 0 Å². The molecule has 0 aliphatic carbocycles. The van der Waals surface area contributed by atoms with Crippen molar-refractivity contribution < 1.29 is 14.3 Å². The van der Waals surface area contributed by atoms with Crippen molar-refractivity contribution in [2.45, 2.75) is 19.8 Å². The van der Waals surface area contributed by atoms with Crippen LogP contribution >= 0.6 is 11.3 Å². The molecule has 0 saturated carbocycles. The van der Waals surface area contributed by atoms with E-state index in [1.54, 1.807) is 0 Å². The van der Waals surface area contributed by atoms with E-state index in [0.29, 0.717) is 10.6 Å². The summed E-state index contributed by atoms with van der Waals surface area (Å²) in [4.78, 5) is 23.7. The lowest BCUT2D eigenvalue weighted by Crippen LogP contribution is -2.20. The quantitative estimate of drug-likeness (QED) is 0.546. The Morgan fingerprint density at radius 3 is 2.63 bits per heavy atom. The predicted molar refractivity (Wildman–Crippen MR) is 76.9 cm³/mol. The van der Waals surface area contributed by atoms with Crippen molar-refractivity contribution in [1.29, 1.82) is 0 Å². The van der Waals surface area contributed by atoms with E-state index in [4.69, 9.17) is 5.73 Å². The van der Waals surface area contributed by atoms with E-state index in [1.165, 1.54) is 14.2 Å². The molecular formula is C12H19N3O3S. The molecule has 0 aromatic carbocycles. The molecule has 1 aromatic heterocycles. The first kappa shape index (κ1) is 15.3. The minimum absolute atomic E-state index is 0.162. The Labute approximate surface area is 116 Å². The molecule has 0 spiro atoms. The second-order valence-corrected chi connectivity index (χ2v) is 4.92. The Bertz CT molecular complexity index is 471. The van der Waals surface area contributed by atoms with Crippen molar-refractivity contribution in [3.8, 4) is 0 Å². The van der Waals surface area contributed by atoms with Crippen LogP contribution in [0.4, 0.5) is 10.7 Å². The Hall–Kier alpha value is -1.76. The molecule has 0 fully saturated rings. The minimum atomic E-state index is -0.531. The summed E-state index contributed by atoms with van der Waals surface area (Å²) in [5.41, 5.74) is 6.34. The van der Waals surface area contributed by atoms with E-state index >= 15 is 0 Å². The molecule has 0 aliphatic rings. The number of ether oxygens (including phenoxy) is 1. The van der Waals surface area contributed by atoms with Crippen LogP contribution < -0.4 is 16.4 Å². The number of methoxy groups -OCH3 is 1. The van der Waals surface area contributed by atoms with Crippen LogP contribution in [0, 0.1) is 0 Å². The molecule has 0 bridgehead atoms. The van der Waals surface area contributed by atoms with E-state index in [2.05, 4.69) is 22.3 Å². The molecule has 106 valence electrons. The van der Waals surface area contributed by atoms with E-state index < -0.39 is 5.97 Å². The van der Waals surface area contributed by atoms with Crippen LogP contribution in [-0.2, 0) is 4.74 Å². The maximum absolute atomic E-state index is 11.8. The highest BCUT2D eigenvalue weighted by atomic mass is 32.1. The molecule has 0 radical (unpaired) electrons. The number of nitrogen functional groups attached to an aromatic ring is 1. The number of rotatable bonds is 6. The maximum atomic E-state index is 11.8. The van der Waals surface area contributed by atoms with Gasteiger partial charge in [-0.05, 0) is 6.42 Å². The molecule has 1 heterocycles. The van der Waals surface area contributed by atoms with Crippen molar-refractivity contribution in [2.75, 3.05) is 31.8 Å². The number of hydrogen-bond acceptors (Lipinski definition) is 6. The third kappa shape index (κ3) is 3.37.